The van der Waals surface area contributed by atoms with Crippen molar-refractivity contribution in [3.63, 3.8) is 0 Å². The van der Waals surface area contributed by atoms with Gasteiger partial charge in [-0.25, -0.2) is 0 Å². The van der Waals surface area contributed by atoms with Crippen LogP contribution in [0.15, 0.2) is 84.0 Å². The molecule has 2 aromatic rings. The van der Waals surface area contributed by atoms with E-state index in [4.69, 9.17) is 4.74 Å². The third kappa shape index (κ3) is 3.49. The molecule has 0 saturated heterocycles. The number of benzene rings is 2. The van der Waals surface area contributed by atoms with Crippen LogP contribution in [0.2, 0.25) is 0 Å². The molecule has 1 N–H and O–H groups in total. The summed E-state index contributed by atoms with van der Waals surface area (Å²) in [6.07, 6.45) is 5.50. The highest BCUT2D eigenvalue weighted by molar-refractivity contribution is 5.97. The molecule has 0 aromatic heterocycles. The Balaban J connectivity index is 1.76. The van der Waals surface area contributed by atoms with E-state index in [9.17, 15) is 4.79 Å². The highest BCUT2D eigenvalue weighted by Gasteiger charge is 2.54. The van der Waals surface area contributed by atoms with Gasteiger partial charge >= 0.3 is 0 Å². The largest absolute Gasteiger partial charge is 0.378 e. The second-order valence-corrected chi connectivity index (χ2v) is 7.89. The molecule has 29 heavy (non-hydrogen) atoms. The number of nitrogens with zero attached hydrogens (tertiary/aromatic N) is 1. The van der Waals surface area contributed by atoms with Crippen molar-refractivity contribution in [1.82, 2.24) is 4.90 Å². The van der Waals surface area contributed by atoms with Crippen molar-refractivity contribution in [2.75, 3.05) is 19.4 Å². The number of amides is 1. The molecule has 2 aromatic carbocycles. The van der Waals surface area contributed by atoms with Crippen molar-refractivity contribution in [3.8, 4) is 0 Å². The van der Waals surface area contributed by atoms with Crippen LogP contribution in [0.3, 0.4) is 0 Å². The lowest BCUT2D eigenvalue weighted by Gasteiger charge is -2.37. The monoisotopic (exact) mass is 388 g/mol. The lowest BCUT2D eigenvalue weighted by Crippen LogP contribution is -2.47. The minimum atomic E-state index is -0.619. The van der Waals surface area contributed by atoms with Gasteiger partial charge in [0.1, 0.15) is 11.7 Å². The van der Waals surface area contributed by atoms with Crippen LogP contribution < -0.4 is 5.32 Å². The molecule has 2 aliphatic rings. The van der Waals surface area contributed by atoms with Gasteiger partial charge in [0.2, 0.25) is 0 Å². The molecule has 2 bridgehead atoms. The van der Waals surface area contributed by atoms with Crippen molar-refractivity contribution in [1.29, 1.82) is 0 Å². The molecule has 4 nitrogen and oxygen atoms in total. The minimum Gasteiger partial charge on any atom is -0.378 e. The predicted octanol–water partition coefficient (Wildman–Crippen LogP) is 4.21. The van der Waals surface area contributed by atoms with Gasteiger partial charge in [-0.05, 0) is 42.2 Å². The van der Waals surface area contributed by atoms with Gasteiger partial charge < -0.3 is 15.0 Å². The van der Waals surface area contributed by atoms with Crippen molar-refractivity contribution in [3.05, 3.63) is 89.5 Å². The first kappa shape index (κ1) is 19.5. The summed E-state index contributed by atoms with van der Waals surface area (Å²) >= 11 is 0. The lowest BCUT2D eigenvalue weighted by atomic mass is 9.78. The number of hydrogen-bond donors (Lipinski definition) is 1. The zero-order valence-corrected chi connectivity index (χ0v) is 17.3. The fourth-order valence-corrected chi connectivity index (χ4v) is 4.49. The van der Waals surface area contributed by atoms with E-state index in [-0.39, 0.29) is 18.1 Å². The highest BCUT2D eigenvalue weighted by Crippen LogP contribution is 2.48. The Hall–Kier alpha value is -2.85. The molecule has 3 atom stereocenters. The van der Waals surface area contributed by atoms with Crippen molar-refractivity contribution in [2.45, 2.75) is 37.5 Å². The van der Waals surface area contributed by atoms with Crippen LogP contribution in [-0.2, 0) is 16.0 Å². The van der Waals surface area contributed by atoms with E-state index in [1.807, 2.05) is 30.3 Å². The van der Waals surface area contributed by atoms with Gasteiger partial charge in [-0.3, -0.25) is 4.79 Å². The number of carbonyl (C=O) groups is 1. The zero-order chi connectivity index (χ0) is 20.4. The predicted molar refractivity (Wildman–Crippen MR) is 117 cm³/mol. The molecule has 0 radical (unpaired) electrons. The van der Waals surface area contributed by atoms with Crippen molar-refractivity contribution < 1.29 is 9.53 Å². The number of nitrogens with one attached hydrogen (secondary N) is 1. The number of anilines is 1. The fraction of sp³-hybridized carbons (Fsp3) is 0.320. The molecule has 0 fully saturated rings. The Morgan fingerprint density at radius 1 is 1.10 bits per heavy atom. The summed E-state index contributed by atoms with van der Waals surface area (Å²) in [6, 6.07) is 20.6. The van der Waals surface area contributed by atoms with Crippen LogP contribution in [-0.4, -0.2) is 42.6 Å². The van der Waals surface area contributed by atoms with Crippen LogP contribution in [0.5, 0.6) is 0 Å². The summed E-state index contributed by atoms with van der Waals surface area (Å²) in [6.45, 7) is 2.11. The second-order valence-electron chi connectivity index (χ2n) is 7.89. The SMILES string of the molecule is CCC1=C(C(=O)N(C)C)C2C=CC1(C(Cc1ccccc1)Nc1ccccc1)O2. The number of carbonyl (C=O) groups excluding carboxylic acids is 1. The highest BCUT2D eigenvalue weighted by atomic mass is 16.5. The van der Waals surface area contributed by atoms with Crippen LogP contribution in [0.25, 0.3) is 0 Å². The minimum absolute atomic E-state index is 0.0315. The van der Waals surface area contributed by atoms with Gasteiger partial charge in [0, 0.05) is 19.8 Å². The topological polar surface area (TPSA) is 41.6 Å². The van der Waals surface area contributed by atoms with E-state index in [2.05, 4.69) is 54.7 Å². The summed E-state index contributed by atoms with van der Waals surface area (Å²) in [5, 5.41) is 3.71. The van der Waals surface area contributed by atoms with Gasteiger partial charge in [0.25, 0.3) is 5.91 Å². The van der Waals surface area contributed by atoms with E-state index in [1.165, 1.54) is 5.56 Å². The van der Waals surface area contributed by atoms with E-state index in [1.54, 1.807) is 19.0 Å². The molecule has 3 unspecified atom stereocenters. The Labute approximate surface area is 172 Å². The van der Waals surface area contributed by atoms with Gasteiger partial charge in [-0.2, -0.15) is 0 Å². The Bertz CT molecular complexity index is 892. The number of rotatable bonds is 7. The molecule has 4 heteroatoms. The van der Waals surface area contributed by atoms with Crippen LogP contribution in [0.4, 0.5) is 5.69 Å². The average molecular weight is 389 g/mol. The molecular weight excluding hydrogens is 360 g/mol. The molecule has 0 saturated carbocycles. The van der Waals surface area contributed by atoms with Crippen molar-refractivity contribution in [2.24, 2.45) is 0 Å². The third-order valence-electron chi connectivity index (χ3n) is 5.83. The Kier molecular flexibility index (Phi) is 5.29. The van der Waals surface area contributed by atoms with Crippen LogP contribution in [0.1, 0.15) is 18.9 Å². The van der Waals surface area contributed by atoms with E-state index in [0.717, 1.165) is 29.7 Å². The number of fused-ring (bicyclic) bond motifs is 2. The van der Waals surface area contributed by atoms with Crippen LogP contribution >= 0.6 is 0 Å². The quantitative estimate of drug-likeness (QED) is 0.723. The number of likely N-dealkylation sites (N-methyl/N-ethyl adjacent to an activating group) is 1. The number of para-hydroxylation sites is 1. The number of hydrogen-bond acceptors (Lipinski definition) is 3. The Morgan fingerprint density at radius 2 is 1.76 bits per heavy atom. The summed E-state index contributed by atoms with van der Waals surface area (Å²) in [5.74, 6) is 0.0382. The average Bonchev–Trinajstić information content (AvgIpc) is 3.31. The Morgan fingerprint density at radius 3 is 2.38 bits per heavy atom. The molecule has 0 aliphatic carbocycles. The maximum Gasteiger partial charge on any atom is 0.252 e. The summed E-state index contributed by atoms with van der Waals surface area (Å²) in [7, 11) is 3.60. The standard InChI is InChI=1S/C25H28N2O2/c1-4-20-23(24(28)27(2)3)21-15-16-25(20,29-21)22(17-18-11-7-5-8-12-18)26-19-13-9-6-10-14-19/h5-16,21-22,26H,4,17H2,1-3H3. The zero-order valence-electron chi connectivity index (χ0n) is 17.3. The smallest absolute Gasteiger partial charge is 0.252 e. The molecule has 1 amide bonds. The van der Waals surface area contributed by atoms with Gasteiger partial charge in [-0.1, -0.05) is 61.5 Å². The maximum absolute atomic E-state index is 12.9. The first-order valence-electron chi connectivity index (χ1n) is 10.2. The fourth-order valence-electron chi connectivity index (χ4n) is 4.49. The molecule has 0 spiro atoms. The van der Waals surface area contributed by atoms with E-state index >= 15 is 0 Å². The second kappa shape index (κ2) is 7.88. The summed E-state index contributed by atoms with van der Waals surface area (Å²) < 4.78 is 6.56. The first-order valence-corrected chi connectivity index (χ1v) is 10.2. The molecule has 150 valence electrons. The van der Waals surface area contributed by atoms with Gasteiger partial charge in [-0.15, -0.1) is 0 Å². The normalized spacial score (nSPS) is 23.3. The first-order chi connectivity index (χ1) is 14.0. The van der Waals surface area contributed by atoms with E-state index < -0.39 is 5.60 Å². The molecule has 4 rings (SSSR count). The lowest BCUT2D eigenvalue weighted by molar-refractivity contribution is -0.125. The number of ether oxygens (including phenoxy) is 1. The summed E-state index contributed by atoms with van der Waals surface area (Å²) in [4.78, 5) is 14.6. The molecular formula is C25H28N2O2. The van der Waals surface area contributed by atoms with Gasteiger partial charge in [0.05, 0.1) is 11.6 Å². The third-order valence-corrected chi connectivity index (χ3v) is 5.83. The molecule has 2 heterocycles. The van der Waals surface area contributed by atoms with Gasteiger partial charge in [0.15, 0.2) is 0 Å². The summed E-state index contributed by atoms with van der Waals surface area (Å²) in [5.41, 5.74) is 3.55. The molecule has 2 aliphatic heterocycles. The van der Waals surface area contributed by atoms with E-state index in [0.29, 0.717) is 0 Å². The van der Waals surface area contributed by atoms with Crippen molar-refractivity contribution >= 4 is 11.6 Å². The van der Waals surface area contributed by atoms with Crippen LogP contribution in [0, 0.1) is 0 Å². The maximum atomic E-state index is 12.9.